The van der Waals surface area contributed by atoms with Gasteiger partial charge in [0.1, 0.15) is 22.2 Å². The molecule has 4 aromatic heterocycles. The van der Waals surface area contributed by atoms with E-state index in [4.69, 9.17) is 8.83 Å². The van der Waals surface area contributed by atoms with Gasteiger partial charge in [-0.05, 0) is 77.9 Å². The summed E-state index contributed by atoms with van der Waals surface area (Å²) in [6.07, 6.45) is 3.60. The number of hydrogen-bond donors (Lipinski definition) is 0. The van der Waals surface area contributed by atoms with E-state index in [9.17, 15) is 0 Å². The van der Waals surface area contributed by atoms with Gasteiger partial charge in [0.25, 0.3) is 0 Å². The topological polar surface area (TPSA) is 55.3 Å². The lowest BCUT2D eigenvalue weighted by molar-refractivity contribution is 0.667. The normalized spacial score (nSPS) is 11.6. The third-order valence-electron chi connectivity index (χ3n) is 7.17. The Hall–Kier alpha value is -5.42. The standard InChI is InChI=1S/C34H21N3O2/c1-2-6-22(7-3-1)23-10-12-24(13-11-23)37(25-15-17-29-28(20-25)34-31(38-29)9-5-19-36-34)26-14-16-27-32(21-26)39-30-8-4-18-35-33(27)30/h1-21H. The highest BCUT2D eigenvalue weighted by Crippen LogP contribution is 2.40. The highest BCUT2D eigenvalue weighted by atomic mass is 16.3. The van der Waals surface area contributed by atoms with Crippen LogP contribution in [0.5, 0.6) is 0 Å². The third-order valence-corrected chi connectivity index (χ3v) is 7.17. The van der Waals surface area contributed by atoms with Gasteiger partial charge < -0.3 is 13.7 Å². The monoisotopic (exact) mass is 503 g/mol. The minimum absolute atomic E-state index is 0.777. The maximum Gasteiger partial charge on any atom is 0.153 e. The van der Waals surface area contributed by atoms with Gasteiger partial charge in [-0.15, -0.1) is 0 Å². The number of furan rings is 2. The molecule has 0 spiro atoms. The molecule has 184 valence electrons. The van der Waals surface area contributed by atoms with Crippen LogP contribution in [-0.4, -0.2) is 9.97 Å². The molecule has 4 aromatic carbocycles. The van der Waals surface area contributed by atoms with Crippen LogP contribution < -0.4 is 4.90 Å². The zero-order chi connectivity index (χ0) is 25.8. The lowest BCUT2D eigenvalue weighted by Crippen LogP contribution is -2.09. The molecular formula is C34H21N3O2. The average molecular weight is 504 g/mol. The van der Waals surface area contributed by atoms with Crippen molar-refractivity contribution in [1.82, 2.24) is 9.97 Å². The second kappa shape index (κ2) is 8.57. The van der Waals surface area contributed by atoms with Gasteiger partial charge in [0.05, 0.1) is 0 Å². The molecule has 0 fully saturated rings. The molecule has 5 heteroatoms. The van der Waals surface area contributed by atoms with E-state index >= 15 is 0 Å². The predicted octanol–water partition coefficient (Wildman–Crippen LogP) is 9.41. The fourth-order valence-electron chi connectivity index (χ4n) is 5.33. The van der Waals surface area contributed by atoms with Gasteiger partial charge in [0.2, 0.25) is 0 Å². The van der Waals surface area contributed by atoms with Crippen LogP contribution in [0.15, 0.2) is 136 Å². The van der Waals surface area contributed by atoms with Crippen molar-refractivity contribution in [3.05, 3.63) is 128 Å². The van der Waals surface area contributed by atoms with Gasteiger partial charge >= 0.3 is 0 Å². The SMILES string of the molecule is c1ccc(-c2ccc(N(c3ccc4c(c3)oc3cccnc34)c3ccc4oc5cccnc5c4c3)cc2)cc1. The van der Waals surface area contributed by atoms with Gasteiger partial charge in [-0.2, -0.15) is 0 Å². The number of rotatable bonds is 4. The molecule has 39 heavy (non-hydrogen) atoms. The molecule has 0 bridgehead atoms. The molecule has 0 amide bonds. The number of fused-ring (bicyclic) bond motifs is 6. The molecule has 5 nitrogen and oxygen atoms in total. The molecule has 0 unspecified atom stereocenters. The van der Waals surface area contributed by atoms with E-state index in [2.05, 4.69) is 93.7 Å². The Morgan fingerprint density at radius 2 is 1.05 bits per heavy atom. The van der Waals surface area contributed by atoms with Crippen molar-refractivity contribution in [2.45, 2.75) is 0 Å². The Labute approximate surface area is 223 Å². The third kappa shape index (κ3) is 3.55. The number of hydrogen-bond acceptors (Lipinski definition) is 5. The predicted molar refractivity (Wildman–Crippen MR) is 157 cm³/mol. The minimum Gasteiger partial charge on any atom is -0.454 e. The molecule has 4 heterocycles. The number of pyridine rings is 2. The fourth-order valence-corrected chi connectivity index (χ4v) is 5.33. The molecule has 0 saturated carbocycles. The largest absolute Gasteiger partial charge is 0.454 e. The van der Waals surface area contributed by atoms with Gasteiger partial charge in [-0.1, -0.05) is 42.5 Å². The Kier molecular flexibility index (Phi) is 4.76. The van der Waals surface area contributed by atoms with Crippen LogP contribution >= 0.6 is 0 Å². The zero-order valence-electron chi connectivity index (χ0n) is 20.8. The van der Waals surface area contributed by atoms with Crippen molar-refractivity contribution < 1.29 is 8.83 Å². The van der Waals surface area contributed by atoms with Crippen molar-refractivity contribution in [1.29, 1.82) is 0 Å². The summed E-state index contributed by atoms with van der Waals surface area (Å²) in [5.41, 5.74) is 10.2. The quantitative estimate of drug-likeness (QED) is 0.239. The van der Waals surface area contributed by atoms with Gasteiger partial charge in [0, 0.05) is 46.3 Å². The molecule has 0 aliphatic carbocycles. The number of benzene rings is 4. The Morgan fingerprint density at radius 1 is 0.436 bits per heavy atom. The first-order valence-corrected chi connectivity index (χ1v) is 12.8. The molecule has 0 radical (unpaired) electrons. The van der Waals surface area contributed by atoms with Crippen LogP contribution in [0.2, 0.25) is 0 Å². The van der Waals surface area contributed by atoms with Crippen LogP contribution in [0.4, 0.5) is 17.1 Å². The summed E-state index contributed by atoms with van der Waals surface area (Å²) in [4.78, 5) is 11.4. The molecule has 0 saturated heterocycles. The average Bonchev–Trinajstić information content (AvgIpc) is 3.56. The van der Waals surface area contributed by atoms with E-state index in [1.165, 1.54) is 11.1 Å². The maximum atomic E-state index is 6.19. The summed E-state index contributed by atoms with van der Waals surface area (Å²) in [5.74, 6) is 0. The lowest BCUT2D eigenvalue weighted by atomic mass is 10.0. The first-order valence-electron chi connectivity index (χ1n) is 12.8. The van der Waals surface area contributed by atoms with Crippen LogP contribution in [0.1, 0.15) is 0 Å². The zero-order valence-corrected chi connectivity index (χ0v) is 20.8. The number of nitrogens with zero attached hydrogens (tertiary/aromatic N) is 3. The van der Waals surface area contributed by atoms with Crippen molar-refractivity contribution in [3.63, 3.8) is 0 Å². The summed E-state index contributed by atoms with van der Waals surface area (Å²) in [6, 6.07) is 39.3. The summed E-state index contributed by atoms with van der Waals surface area (Å²) >= 11 is 0. The van der Waals surface area contributed by atoms with E-state index in [-0.39, 0.29) is 0 Å². The molecular weight excluding hydrogens is 482 g/mol. The highest BCUT2D eigenvalue weighted by Gasteiger charge is 2.18. The smallest absolute Gasteiger partial charge is 0.153 e. The summed E-state index contributed by atoms with van der Waals surface area (Å²) in [6.45, 7) is 0. The summed E-state index contributed by atoms with van der Waals surface area (Å²) in [7, 11) is 0. The van der Waals surface area contributed by atoms with Crippen LogP contribution in [0.25, 0.3) is 55.3 Å². The highest BCUT2D eigenvalue weighted by molar-refractivity contribution is 6.06. The number of anilines is 3. The summed E-state index contributed by atoms with van der Waals surface area (Å²) in [5, 5.41) is 1.97. The summed E-state index contributed by atoms with van der Waals surface area (Å²) < 4.78 is 12.2. The lowest BCUT2D eigenvalue weighted by Gasteiger charge is -2.25. The van der Waals surface area contributed by atoms with E-state index in [1.807, 2.05) is 36.4 Å². The van der Waals surface area contributed by atoms with Crippen LogP contribution in [0, 0.1) is 0 Å². The van der Waals surface area contributed by atoms with Gasteiger partial charge in [-0.3, -0.25) is 9.97 Å². The van der Waals surface area contributed by atoms with Crippen molar-refractivity contribution in [3.8, 4) is 11.1 Å². The first-order chi connectivity index (χ1) is 19.3. The van der Waals surface area contributed by atoms with Gasteiger partial charge in [-0.25, -0.2) is 0 Å². The molecule has 0 aliphatic heterocycles. The van der Waals surface area contributed by atoms with Crippen molar-refractivity contribution in [2.75, 3.05) is 4.90 Å². The van der Waals surface area contributed by atoms with E-state index in [1.54, 1.807) is 12.4 Å². The van der Waals surface area contributed by atoms with Crippen LogP contribution in [0.3, 0.4) is 0 Å². The van der Waals surface area contributed by atoms with E-state index in [0.717, 1.165) is 61.2 Å². The molecule has 0 N–H and O–H groups in total. The van der Waals surface area contributed by atoms with Crippen molar-refractivity contribution >= 4 is 61.2 Å². The Balaban J connectivity index is 1.32. The maximum absolute atomic E-state index is 6.19. The minimum atomic E-state index is 0.777. The van der Waals surface area contributed by atoms with Crippen molar-refractivity contribution in [2.24, 2.45) is 0 Å². The van der Waals surface area contributed by atoms with Gasteiger partial charge in [0.15, 0.2) is 11.2 Å². The van der Waals surface area contributed by atoms with Crippen LogP contribution in [-0.2, 0) is 0 Å². The molecule has 0 aliphatic rings. The molecule has 8 rings (SSSR count). The fraction of sp³-hybridized carbons (Fsp3) is 0. The first kappa shape index (κ1) is 21.6. The van der Waals surface area contributed by atoms with E-state index in [0.29, 0.717) is 0 Å². The van der Waals surface area contributed by atoms with E-state index < -0.39 is 0 Å². The second-order valence-corrected chi connectivity index (χ2v) is 9.51. The Bertz CT molecular complexity index is 2130. The number of aromatic nitrogens is 2. The second-order valence-electron chi connectivity index (χ2n) is 9.51. The Morgan fingerprint density at radius 3 is 1.82 bits per heavy atom. The molecule has 0 atom stereocenters. The molecule has 8 aromatic rings.